The summed E-state index contributed by atoms with van der Waals surface area (Å²) in [7, 11) is 0. The number of benzene rings is 1. The number of pyridine rings is 1. The molecule has 0 atom stereocenters. The van der Waals surface area contributed by atoms with E-state index >= 15 is 0 Å². The van der Waals surface area contributed by atoms with Gasteiger partial charge in [-0.25, -0.2) is 4.39 Å². The highest BCUT2D eigenvalue weighted by Gasteiger charge is 2.18. The van der Waals surface area contributed by atoms with E-state index in [1.807, 2.05) is 13.0 Å². The molecule has 0 amide bonds. The number of nitrogens with zero attached hydrogens (tertiary/aromatic N) is 1. The SMILES string of the molecule is Cc1cc(C)c(C(=O)c2cnccc2C)c(F)c1. The van der Waals surface area contributed by atoms with Crippen LogP contribution in [0.1, 0.15) is 32.6 Å². The van der Waals surface area contributed by atoms with Crippen LogP contribution in [-0.4, -0.2) is 10.8 Å². The van der Waals surface area contributed by atoms with Crippen molar-refractivity contribution in [3.63, 3.8) is 0 Å². The molecular weight excluding hydrogens is 229 g/mol. The zero-order valence-corrected chi connectivity index (χ0v) is 10.6. The summed E-state index contributed by atoms with van der Waals surface area (Å²) in [5.41, 5.74) is 2.85. The number of rotatable bonds is 2. The summed E-state index contributed by atoms with van der Waals surface area (Å²) in [4.78, 5) is 16.3. The highest BCUT2D eigenvalue weighted by atomic mass is 19.1. The van der Waals surface area contributed by atoms with Gasteiger partial charge in [0.15, 0.2) is 5.78 Å². The maximum atomic E-state index is 13.9. The summed E-state index contributed by atoms with van der Waals surface area (Å²) >= 11 is 0. The fourth-order valence-corrected chi connectivity index (χ4v) is 2.04. The fourth-order valence-electron chi connectivity index (χ4n) is 2.04. The lowest BCUT2D eigenvalue weighted by Crippen LogP contribution is -2.09. The third-order valence-electron chi connectivity index (χ3n) is 2.94. The van der Waals surface area contributed by atoms with Crippen LogP contribution in [0.3, 0.4) is 0 Å². The number of halogens is 1. The first kappa shape index (κ1) is 12.4. The predicted octanol–water partition coefficient (Wildman–Crippen LogP) is 3.38. The summed E-state index contributed by atoms with van der Waals surface area (Å²) in [6.07, 6.45) is 3.10. The molecule has 0 fully saturated rings. The van der Waals surface area contributed by atoms with Gasteiger partial charge in [0, 0.05) is 18.0 Å². The molecule has 0 aliphatic heterocycles. The zero-order chi connectivity index (χ0) is 13.3. The topological polar surface area (TPSA) is 30.0 Å². The Kier molecular flexibility index (Phi) is 3.24. The normalized spacial score (nSPS) is 10.4. The van der Waals surface area contributed by atoms with Crippen LogP contribution in [-0.2, 0) is 0 Å². The number of carbonyl (C=O) groups is 1. The van der Waals surface area contributed by atoms with E-state index < -0.39 is 5.82 Å². The van der Waals surface area contributed by atoms with Gasteiger partial charge in [0.25, 0.3) is 0 Å². The Hall–Kier alpha value is -2.03. The van der Waals surface area contributed by atoms with E-state index in [2.05, 4.69) is 4.98 Å². The molecule has 0 spiro atoms. The van der Waals surface area contributed by atoms with Crippen LogP contribution in [0.25, 0.3) is 0 Å². The maximum absolute atomic E-state index is 13.9. The molecule has 3 heteroatoms. The van der Waals surface area contributed by atoms with Crippen molar-refractivity contribution in [2.75, 3.05) is 0 Å². The average Bonchev–Trinajstić information content (AvgIpc) is 2.27. The van der Waals surface area contributed by atoms with Gasteiger partial charge < -0.3 is 0 Å². The number of aromatic nitrogens is 1. The second-order valence-electron chi connectivity index (χ2n) is 4.46. The van der Waals surface area contributed by atoms with Crippen molar-refractivity contribution in [3.8, 4) is 0 Å². The third kappa shape index (κ3) is 2.16. The highest BCUT2D eigenvalue weighted by Crippen LogP contribution is 2.20. The van der Waals surface area contributed by atoms with Crippen LogP contribution in [0.4, 0.5) is 4.39 Å². The van der Waals surface area contributed by atoms with Gasteiger partial charge in [-0.05, 0) is 49.6 Å². The summed E-state index contributed by atoms with van der Waals surface area (Å²) in [5, 5.41) is 0. The second-order valence-corrected chi connectivity index (χ2v) is 4.46. The summed E-state index contributed by atoms with van der Waals surface area (Å²) in [6.45, 7) is 5.37. The zero-order valence-electron chi connectivity index (χ0n) is 10.6. The molecular formula is C15H14FNO. The molecule has 2 aromatic rings. The molecule has 92 valence electrons. The lowest BCUT2D eigenvalue weighted by Gasteiger charge is -2.09. The van der Waals surface area contributed by atoms with Crippen molar-refractivity contribution in [3.05, 3.63) is 64.2 Å². The average molecular weight is 243 g/mol. The summed E-state index contributed by atoms with van der Waals surface area (Å²) < 4.78 is 13.9. The molecule has 1 aromatic heterocycles. The van der Waals surface area contributed by atoms with Gasteiger partial charge >= 0.3 is 0 Å². The van der Waals surface area contributed by atoms with E-state index in [0.29, 0.717) is 11.1 Å². The van der Waals surface area contributed by atoms with Crippen molar-refractivity contribution < 1.29 is 9.18 Å². The van der Waals surface area contributed by atoms with Gasteiger partial charge in [0.05, 0.1) is 5.56 Å². The van der Waals surface area contributed by atoms with E-state index in [-0.39, 0.29) is 11.3 Å². The molecule has 2 rings (SSSR count). The van der Waals surface area contributed by atoms with Crippen molar-refractivity contribution in [2.24, 2.45) is 0 Å². The van der Waals surface area contributed by atoms with Crippen LogP contribution in [0.5, 0.6) is 0 Å². The largest absolute Gasteiger partial charge is 0.288 e. The minimum atomic E-state index is -0.472. The van der Waals surface area contributed by atoms with Gasteiger partial charge in [-0.1, -0.05) is 6.07 Å². The quantitative estimate of drug-likeness (QED) is 0.757. The molecule has 0 aliphatic carbocycles. The Morgan fingerprint density at radius 1 is 1.17 bits per heavy atom. The van der Waals surface area contributed by atoms with E-state index in [9.17, 15) is 9.18 Å². The van der Waals surface area contributed by atoms with Crippen LogP contribution < -0.4 is 0 Å². The molecule has 0 saturated heterocycles. The second kappa shape index (κ2) is 4.69. The van der Waals surface area contributed by atoms with E-state index in [0.717, 1.165) is 11.1 Å². The summed E-state index contributed by atoms with van der Waals surface area (Å²) in [5.74, 6) is -0.781. The molecule has 18 heavy (non-hydrogen) atoms. The molecule has 2 nitrogen and oxygen atoms in total. The van der Waals surface area contributed by atoms with Crippen LogP contribution in [0.15, 0.2) is 30.6 Å². The lowest BCUT2D eigenvalue weighted by molar-refractivity contribution is 0.103. The smallest absolute Gasteiger partial charge is 0.198 e. The molecule has 1 aromatic carbocycles. The maximum Gasteiger partial charge on any atom is 0.198 e. The Morgan fingerprint density at radius 3 is 2.50 bits per heavy atom. The minimum absolute atomic E-state index is 0.136. The monoisotopic (exact) mass is 243 g/mol. The number of carbonyl (C=O) groups excluding carboxylic acids is 1. The number of hydrogen-bond donors (Lipinski definition) is 0. The first-order valence-corrected chi connectivity index (χ1v) is 5.72. The first-order valence-electron chi connectivity index (χ1n) is 5.72. The standard InChI is InChI=1S/C15H14FNO/c1-9-6-11(3)14(13(16)7-9)15(18)12-8-17-5-4-10(12)2/h4-8H,1-3H3. The third-order valence-corrected chi connectivity index (χ3v) is 2.94. The Labute approximate surface area is 105 Å². The van der Waals surface area contributed by atoms with Gasteiger partial charge in [-0.15, -0.1) is 0 Å². The van der Waals surface area contributed by atoms with Gasteiger partial charge in [0.1, 0.15) is 5.82 Å². The van der Waals surface area contributed by atoms with Crippen molar-refractivity contribution in [2.45, 2.75) is 20.8 Å². The highest BCUT2D eigenvalue weighted by molar-refractivity contribution is 6.10. The molecule has 0 N–H and O–H groups in total. The Bertz CT molecular complexity index is 597. The van der Waals surface area contributed by atoms with Crippen LogP contribution in [0.2, 0.25) is 0 Å². The molecule has 0 bridgehead atoms. The number of hydrogen-bond acceptors (Lipinski definition) is 2. The number of aryl methyl sites for hydroxylation is 3. The molecule has 0 unspecified atom stereocenters. The molecule has 0 aliphatic rings. The lowest BCUT2D eigenvalue weighted by atomic mass is 9.96. The first-order chi connectivity index (χ1) is 8.50. The fraction of sp³-hybridized carbons (Fsp3) is 0.200. The van der Waals surface area contributed by atoms with E-state index in [4.69, 9.17) is 0 Å². The van der Waals surface area contributed by atoms with Crippen LogP contribution in [0, 0.1) is 26.6 Å². The minimum Gasteiger partial charge on any atom is -0.288 e. The predicted molar refractivity (Wildman–Crippen MR) is 68.3 cm³/mol. The van der Waals surface area contributed by atoms with Gasteiger partial charge in [-0.2, -0.15) is 0 Å². The van der Waals surface area contributed by atoms with Crippen molar-refractivity contribution in [1.82, 2.24) is 4.98 Å². The van der Waals surface area contributed by atoms with Crippen molar-refractivity contribution >= 4 is 5.78 Å². The van der Waals surface area contributed by atoms with Gasteiger partial charge in [-0.3, -0.25) is 9.78 Å². The Morgan fingerprint density at radius 2 is 1.89 bits per heavy atom. The van der Waals surface area contributed by atoms with Crippen LogP contribution >= 0.6 is 0 Å². The molecule has 0 radical (unpaired) electrons. The van der Waals surface area contributed by atoms with Gasteiger partial charge in [0.2, 0.25) is 0 Å². The van der Waals surface area contributed by atoms with E-state index in [1.165, 1.54) is 12.3 Å². The molecule has 1 heterocycles. The summed E-state index contributed by atoms with van der Waals surface area (Å²) in [6, 6.07) is 4.93. The number of ketones is 1. The molecule has 0 saturated carbocycles. The van der Waals surface area contributed by atoms with Crippen molar-refractivity contribution in [1.29, 1.82) is 0 Å². The Balaban J connectivity index is 2.57. The van der Waals surface area contributed by atoms with E-state index in [1.54, 1.807) is 26.1 Å².